The lowest BCUT2D eigenvalue weighted by Crippen LogP contribution is -2.53. The van der Waals surface area contributed by atoms with Crippen LogP contribution in [0, 0.1) is 0 Å². The summed E-state index contributed by atoms with van der Waals surface area (Å²) in [4.78, 5) is 11.9. The van der Waals surface area contributed by atoms with Gasteiger partial charge in [-0.05, 0) is 25.5 Å². The third kappa shape index (κ3) is 3.17. The fourth-order valence-electron chi connectivity index (χ4n) is 1.73. The fourth-order valence-corrected chi connectivity index (χ4v) is 1.73. The van der Waals surface area contributed by atoms with Crippen LogP contribution in [-0.2, 0) is 4.79 Å². The van der Waals surface area contributed by atoms with E-state index in [9.17, 15) is 4.79 Å². The Labute approximate surface area is 113 Å². The van der Waals surface area contributed by atoms with Crippen molar-refractivity contribution in [2.24, 2.45) is 5.73 Å². The Hall–Kier alpha value is -1.75. The molecule has 1 heterocycles. The maximum atomic E-state index is 11.9. The molecule has 1 aromatic carbocycles. The minimum Gasteiger partial charge on any atom is -0.486 e. The number of carbonyl (C=O) groups is 1. The van der Waals surface area contributed by atoms with Crippen molar-refractivity contribution in [2.75, 3.05) is 13.2 Å². The van der Waals surface area contributed by atoms with Crippen molar-refractivity contribution in [2.45, 2.75) is 31.9 Å². The number of fused-ring (bicyclic) bond motifs is 1. The number of hydrogen-bond acceptors (Lipinski definition) is 4. The van der Waals surface area contributed by atoms with Crippen LogP contribution in [0.1, 0.15) is 20.3 Å². The van der Waals surface area contributed by atoms with Crippen LogP contribution in [0.2, 0.25) is 0 Å². The van der Waals surface area contributed by atoms with Gasteiger partial charge in [-0.2, -0.15) is 0 Å². The Bertz CT molecular complexity index is 460. The van der Waals surface area contributed by atoms with E-state index in [0.717, 1.165) is 5.75 Å². The van der Waals surface area contributed by atoms with Crippen LogP contribution in [0.5, 0.6) is 11.5 Å². The lowest BCUT2D eigenvalue weighted by Gasteiger charge is -2.28. The van der Waals surface area contributed by atoms with Gasteiger partial charge in [-0.3, -0.25) is 4.79 Å². The Morgan fingerprint density at radius 2 is 2.16 bits per heavy atom. The van der Waals surface area contributed by atoms with E-state index in [1.165, 1.54) is 0 Å². The summed E-state index contributed by atoms with van der Waals surface area (Å²) >= 11 is 0. The van der Waals surface area contributed by atoms with Crippen LogP contribution in [-0.4, -0.2) is 30.7 Å². The van der Waals surface area contributed by atoms with Gasteiger partial charge in [0.1, 0.15) is 12.7 Å². The number of carbonyl (C=O) groups excluding carboxylic acids is 1. The number of benzene rings is 1. The zero-order valence-electron chi connectivity index (χ0n) is 11.3. The van der Waals surface area contributed by atoms with Crippen LogP contribution in [0.4, 0.5) is 0 Å². The van der Waals surface area contributed by atoms with Crippen molar-refractivity contribution in [3.05, 3.63) is 24.3 Å². The maximum absolute atomic E-state index is 11.9. The Kier molecular flexibility index (Phi) is 3.95. The van der Waals surface area contributed by atoms with Crippen molar-refractivity contribution < 1.29 is 14.3 Å². The molecule has 2 unspecified atom stereocenters. The molecule has 0 aliphatic carbocycles. The van der Waals surface area contributed by atoms with E-state index in [1.807, 2.05) is 31.2 Å². The van der Waals surface area contributed by atoms with Crippen molar-refractivity contribution >= 4 is 5.91 Å². The molecule has 19 heavy (non-hydrogen) atoms. The Balaban J connectivity index is 1.88. The normalized spacial score (nSPS) is 20.5. The summed E-state index contributed by atoms with van der Waals surface area (Å²) in [5, 5.41) is 2.81. The van der Waals surface area contributed by atoms with Gasteiger partial charge < -0.3 is 20.5 Å². The minimum absolute atomic E-state index is 0.169. The molecule has 0 fully saturated rings. The standard InChI is InChI=1S/C14H20N2O3/c1-3-14(2,15)13(17)16-8-10-9-18-11-6-4-5-7-12(11)19-10/h4-7,10H,3,8-9,15H2,1-2H3,(H,16,17). The molecule has 0 spiro atoms. The average Bonchev–Trinajstić information content (AvgIpc) is 2.44. The van der Waals surface area contributed by atoms with Gasteiger partial charge >= 0.3 is 0 Å². The molecule has 2 atom stereocenters. The number of rotatable bonds is 4. The second kappa shape index (κ2) is 5.48. The number of para-hydroxylation sites is 2. The average molecular weight is 264 g/mol. The van der Waals surface area contributed by atoms with E-state index < -0.39 is 5.54 Å². The van der Waals surface area contributed by atoms with Crippen molar-refractivity contribution in [1.29, 1.82) is 0 Å². The molecule has 5 nitrogen and oxygen atoms in total. The molecule has 2 rings (SSSR count). The van der Waals surface area contributed by atoms with Gasteiger partial charge in [-0.25, -0.2) is 0 Å². The molecule has 0 saturated carbocycles. The number of nitrogens with one attached hydrogen (secondary N) is 1. The summed E-state index contributed by atoms with van der Waals surface area (Å²) in [6.45, 7) is 4.41. The molecule has 1 amide bonds. The number of ether oxygens (including phenoxy) is 2. The first-order chi connectivity index (χ1) is 9.03. The van der Waals surface area contributed by atoms with Gasteiger partial charge in [0.05, 0.1) is 12.1 Å². The molecule has 1 aliphatic heterocycles. The van der Waals surface area contributed by atoms with Crippen LogP contribution >= 0.6 is 0 Å². The summed E-state index contributed by atoms with van der Waals surface area (Å²) in [5.74, 6) is 1.28. The highest BCUT2D eigenvalue weighted by Crippen LogP contribution is 2.30. The lowest BCUT2D eigenvalue weighted by molar-refractivity contribution is -0.126. The molecule has 0 aromatic heterocycles. The molecule has 3 N–H and O–H groups in total. The summed E-state index contributed by atoms with van der Waals surface area (Å²) in [7, 11) is 0. The second-order valence-corrected chi connectivity index (χ2v) is 4.98. The van der Waals surface area contributed by atoms with Crippen LogP contribution in [0.15, 0.2) is 24.3 Å². The SMILES string of the molecule is CCC(C)(N)C(=O)NCC1COc2ccccc2O1. The van der Waals surface area contributed by atoms with Gasteiger partial charge in [0.2, 0.25) is 5.91 Å². The summed E-state index contributed by atoms with van der Waals surface area (Å²) in [6, 6.07) is 7.49. The predicted octanol–water partition coefficient (Wildman–Crippen LogP) is 1.07. The predicted molar refractivity (Wildman–Crippen MR) is 72.2 cm³/mol. The van der Waals surface area contributed by atoms with Gasteiger partial charge in [0, 0.05) is 0 Å². The molecule has 5 heteroatoms. The van der Waals surface area contributed by atoms with E-state index in [4.69, 9.17) is 15.2 Å². The second-order valence-electron chi connectivity index (χ2n) is 4.98. The third-order valence-corrected chi connectivity index (χ3v) is 3.31. The molecular weight excluding hydrogens is 244 g/mol. The molecule has 0 saturated heterocycles. The van der Waals surface area contributed by atoms with Gasteiger partial charge in [0.15, 0.2) is 11.5 Å². The third-order valence-electron chi connectivity index (χ3n) is 3.31. The number of amides is 1. The fraction of sp³-hybridized carbons (Fsp3) is 0.500. The van der Waals surface area contributed by atoms with Crippen LogP contribution in [0.3, 0.4) is 0 Å². The Morgan fingerprint density at radius 3 is 2.84 bits per heavy atom. The van der Waals surface area contributed by atoms with E-state index in [-0.39, 0.29) is 12.0 Å². The number of nitrogens with two attached hydrogens (primary N) is 1. The summed E-state index contributed by atoms with van der Waals surface area (Å²) in [5.41, 5.74) is 5.03. The highest BCUT2D eigenvalue weighted by Gasteiger charge is 2.27. The minimum atomic E-state index is -0.840. The molecule has 104 valence electrons. The van der Waals surface area contributed by atoms with E-state index in [1.54, 1.807) is 6.92 Å². The van der Waals surface area contributed by atoms with Gasteiger partial charge in [-0.15, -0.1) is 0 Å². The van der Waals surface area contributed by atoms with Crippen molar-refractivity contribution in [3.8, 4) is 11.5 Å². The van der Waals surface area contributed by atoms with Gasteiger partial charge in [0.25, 0.3) is 0 Å². The zero-order valence-corrected chi connectivity index (χ0v) is 11.3. The van der Waals surface area contributed by atoms with E-state index >= 15 is 0 Å². The lowest BCUT2D eigenvalue weighted by atomic mass is 9.99. The Morgan fingerprint density at radius 1 is 1.47 bits per heavy atom. The molecule has 1 aromatic rings. The summed E-state index contributed by atoms with van der Waals surface area (Å²) < 4.78 is 11.3. The topological polar surface area (TPSA) is 73.6 Å². The quantitative estimate of drug-likeness (QED) is 0.853. The molecule has 0 bridgehead atoms. The largest absolute Gasteiger partial charge is 0.486 e. The van der Waals surface area contributed by atoms with Crippen LogP contribution < -0.4 is 20.5 Å². The highest BCUT2D eigenvalue weighted by atomic mass is 16.6. The maximum Gasteiger partial charge on any atom is 0.239 e. The first-order valence-electron chi connectivity index (χ1n) is 6.48. The zero-order chi connectivity index (χ0) is 13.9. The first kappa shape index (κ1) is 13.7. The van der Waals surface area contributed by atoms with E-state index in [2.05, 4.69) is 5.32 Å². The van der Waals surface area contributed by atoms with Gasteiger partial charge in [-0.1, -0.05) is 19.1 Å². The monoisotopic (exact) mass is 264 g/mol. The highest BCUT2D eigenvalue weighted by molar-refractivity contribution is 5.85. The smallest absolute Gasteiger partial charge is 0.239 e. The first-order valence-corrected chi connectivity index (χ1v) is 6.48. The summed E-state index contributed by atoms with van der Waals surface area (Å²) in [6.07, 6.45) is 0.399. The van der Waals surface area contributed by atoms with Crippen molar-refractivity contribution in [1.82, 2.24) is 5.32 Å². The molecule has 0 radical (unpaired) electrons. The van der Waals surface area contributed by atoms with E-state index in [0.29, 0.717) is 25.3 Å². The van der Waals surface area contributed by atoms with Crippen LogP contribution in [0.25, 0.3) is 0 Å². The number of hydrogen-bond donors (Lipinski definition) is 2. The van der Waals surface area contributed by atoms with Crippen molar-refractivity contribution in [3.63, 3.8) is 0 Å². The molecular formula is C14H20N2O3. The molecule has 1 aliphatic rings.